The molecular formula is C9H7F3N4O. The van der Waals surface area contributed by atoms with Crippen molar-refractivity contribution in [2.45, 2.75) is 6.18 Å². The average Bonchev–Trinajstić information content (AvgIpc) is 2.76. The van der Waals surface area contributed by atoms with E-state index in [0.29, 0.717) is 12.1 Å². The normalized spacial score (nSPS) is 11.5. The Morgan fingerprint density at radius 3 is 2.47 bits per heavy atom. The van der Waals surface area contributed by atoms with Gasteiger partial charge >= 0.3 is 6.18 Å². The van der Waals surface area contributed by atoms with Gasteiger partial charge in [0.2, 0.25) is 5.88 Å². The number of hydrogen-bond acceptors (Lipinski definition) is 4. The van der Waals surface area contributed by atoms with Crippen LogP contribution < -0.4 is 4.74 Å². The molecule has 0 fully saturated rings. The van der Waals surface area contributed by atoms with Crippen LogP contribution in [0.3, 0.4) is 0 Å². The number of nitrogens with zero attached hydrogens (tertiary/aromatic N) is 4. The molecule has 0 aliphatic carbocycles. The Morgan fingerprint density at radius 1 is 1.24 bits per heavy atom. The first kappa shape index (κ1) is 11.4. The smallest absolute Gasteiger partial charge is 0.434 e. The molecule has 0 aromatic carbocycles. The second-order valence-electron chi connectivity index (χ2n) is 3.06. The number of aromatic nitrogens is 4. The van der Waals surface area contributed by atoms with Crippen molar-refractivity contribution in [3.05, 3.63) is 30.4 Å². The molecule has 5 nitrogen and oxygen atoms in total. The fourth-order valence-corrected chi connectivity index (χ4v) is 1.13. The van der Waals surface area contributed by atoms with E-state index in [1.807, 2.05) is 0 Å². The molecule has 0 atom stereocenters. The molecule has 2 aromatic heterocycles. The average molecular weight is 244 g/mol. The van der Waals surface area contributed by atoms with E-state index in [1.165, 1.54) is 18.0 Å². The van der Waals surface area contributed by atoms with Gasteiger partial charge < -0.3 is 4.74 Å². The number of halogens is 3. The third-order valence-corrected chi connectivity index (χ3v) is 1.94. The van der Waals surface area contributed by atoms with Crippen LogP contribution in [0.4, 0.5) is 13.2 Å². The number of rotatable bonds is 2. The molecule has 17 heavy (non-hydrogen) atoms. The highest BCUT2D eigenvalue weighted by atomic mass is 19.4. The predicted octanol–water partition coefficient (Wildman–Crippen LogP) is 1.69. The fraction of sp³-hybridized carbons (Fsp3) is 0.222. The monoisotopic (exact) mass is 244 g/mol. The van der Waals surface area contributed by atoms with Gasteiger partial charge in [-0.05, 0) is 0 Å². The Hall–Kier alpha value is -2.12. The second kappa shape index (κ2) is 4.04. The quantitative estimate of drug-likeness (QED) is 0.806. The molecule has 0 bridgehead atoms. The van der Waals surface area contributed by atoms with Crippen LogP contribution in [0.25, 0.3) is 5.82 Å². The highest BCUT2D eigenvalue weighted by Crippen LogP contribution is 2.26. The minimum Gasteiger partial charge on any atom is -0.480 e. The summed E-state index contributed by atoms with van der Waals surface area (Å²) < 4.78 is 42.8. The Kier molecular flexibility index (Phi) is 2.70. The van der Waals surface area contributed by atoms with Gasteiger partial charge in [-0.3, -0.25) is 0 Å². The maximum Gasteiger partial charge on any atom is 0.434 e. The Bertz CT molecular complexity index is 506. The zero-order chi connectivity index (χ0) is 12.5. The second-order valence-corrected chi connectivity index (χ2v) is 3.06. The number of hydrogen-bond donors (Lipinski definition) is 0. The SMILES string of the molecule is COc1ccn(-c2cnc(C(F)(F)F)cn2)n1. The third-order valence-electron chi connectivity index (χ3n) is 1.94. The summed E-state index contributed by atoms with van der Waals surface area (Å²) >= 11 is 0. The molecule has 2 aromatic rings. The fourth-order valence-electron chi connectivity index (χ4n) is 1.13. The largest absolute Gasteiger partial charge is 0.480 e. The summed E-state index contributed by atoms with van der Waals surface area (Å²) in [6.45, 7) is 0. The molecule has 90 valence electrons. The maximum absolute atomic E-state index is 12.2. The number of ether oxygens (including phenoxy) is 1. The molecule has 0 amide bonds. The highest BCUT2D eigenvalue weighted by Gasteiger charge is 2.32. The Balaban J connectivity index is 2.29. The molecule has 0 saturated carbocycles. The zero-order valence-corrected chi connectivity index (χ0v) is 8.64. The van der Waals surface area contributed by atoms with E-state index in [4.69, 9.17) is 4.74 Å². The molecule has 0 saturated heterocycles. The van der Waals surface area contributed by atoms with Crippen molar-refractivity contribution in [2.24, 2.45) is 0 Å². The van der Waals surface area contributed by atoms with Crippen molar-refractivity contribution in [3.63, 3.8) is 0 Å². The van der Waals surface area contributed by atoms with E-state index in [0.717, 1.165) is 6.20 Å². The van der Waals surface area contributed by atoms with Crippen molar-refractivity contribution in [2.75, 3.05) is 7.11 Å². The van der Waals surface area contributed by atoms with Crippen molar-refractivity contribution < 1.29 is 17.9 Å². The maximum atomic E-state index is 12.2. The van der Waals surface area contributed by atoms with Crippen LogP contribution in [0.15, 0.2) is 24.7 Å². The van der Waals surface area contributed by atoms with Crippen LogP contribution in [-0.4, -0.2) is 26.9 Å². The summed E-state index contributed by atoms with van der Waals surface area (Å²) in [6, 6.07) is 1.55. The van der Waals surface area contributed by atoms with Crippen molar-refractivity contribution in [1.29, 1.82) is 0 Å². The molecule has 2 rings (SSSR count). The minimum atomic E-state index is -4.49. The number of methoxy groups -OCH3 is 1. The first-order valence-electron chi connectivity index (χ1n) is 4.50. The van der Waals surface area contributed by atoms with Gasteiger partial charge in [0.05, 0.1) is 19.5 Å². The van der Waals surface area contributed by atoms with Gasteiger partial charge in [0.15, 0.2) is 11.5 Å². The van der Waals surface area contributed by atoms with E-state index in [9.17, 15) is 13.2 Å². The molecule has 8 heteroatoms. The lowest BCUT2D eigenvalue weighted by Crippen LogP contribution is -2.10. The van der Waals surface area contributed by atoms with Crippen molar-refractivity contribution in [1.82, 2.24) is 19.7 Å². The minimum absolute atomic E-state index is 0.182. The summed E-state index contributed by atoms with van der Waals surface area (Å²) in [6.07, 6.45) is -1.33. The van der Waals surface area contributed by atoms with Gasteiger partial charge in [0, 0.05) is 12.3 Å². The highest BCUT2D eigenvalue weighted by molar-refractivity contribution is 5.21. The van der Waals surface area contributed by atoms with E-state index in [-0.39, 0.29) is 5.82 Å². The van der Waals surface area contributed by atoms with Gasteiger partial charge in [-0.15, -0.1) is 5.10 Å². The molecule has 0 spiro atoms. The summed E-state index contributed by atoms with van der Waals surface area (Å²) in [4.78, 5) is 6.90. The third kappa shape index (κ3) is 2.35. The summed E-state index contributed by atoms with van der Waals surface area (Å²) in [5.41, 5.74) is -1.04. The van der Waals surface area contributed by atoms with Gasteiger partial charge in [0.25, 0.3) is 0 Å². The number of alkyl halides is 3. The van der Waals surface area contributed by atoms with Crippen LogP contribution in [0, 0.1) is 0 Å². The zero-order valence-electron chi connectivity index (χ0n) is 8.64. The van der Waals surface area contributed by atoms with Gasteiger partial charge in [-0.1, -0.05) is 0 Å². The van der Waals surface area contributed by atoms with Gasteiger partial charge in [-0.25, -0.2) is 14.6 Å². The Labute approximate surface area is 93.9 Å². The van der Waals surface area contributed by atoms with E-state index < -0.39 is 11.9 Å². The topological polar surface area (TPSA) is 52.8 Å². The Morgan fingerprint density at radius 2 is 2.00 bits per heavy atom. The molecular weight excluding hydrogens is 237 g/mol. The molecule has 0 radical (unpaired) electrons. The van der Waals surface area contributed by atoms with Crippen molar-refractivity contribution >= 4 is 0 Å². The molecule has 0 aliphatic heterocycles. The standard InChI is InChI=1S/C9H7F3N4O/c1-17-8-2-3-16(15-8)7-5-13-6(4-14-7)9(10,11)12/h2-5H,1H3. The van der Waals surface area contributed by atoms with Crippen LogP contribution in [0.5, 0.6) is 5.88 Å². The summed E-state index contributed by atoms with van der Waals surface area (Å²) in [7, 11) is 1.44. The van der Waals surface area contributed by atoms with E-state index in [2.05, 4.69) is 15.1 Å². The lowest BCUT2D eigenvalue weighted by molar-refractivity contribution is -0.141. The predicted molar refractivity (Wildman–Crippen MR) is 50.7 cm³/mol. The van der Waals surface area contributed by atoms with E-state index in [1.54, 1.807) is 6.07 Å². The summed E-state index contributed by atoms with van der Waals surface area (Å²) in [5, 5.41) is 3.90. The van der Waals surface area contributed by atoms with Crippen LogP contribution in [0.2, 0.25) is 0 Å². The van der Waals surface area contributed by atoms with E-state index >= 15 is 0 Å². The summed E-state index contributed by atoms with van der Waals surface area (Å²) in [5.74, 6) is 0.521. The van der Waals surface area contributed by atoms with Crippen LogP contribution in [0.1, 0.15) is 5.69 Å². The first-order chi connectivity index (χ1) is 8.00. The molecule has 2 heterocycles. The van der Waals surface area contributed by atoms with Crippen LogP contribution in [-0.2, 0) is 6.18 Å². The lowest BCUT2D eigenvalue weighted by atomic mass is 10.4. The van der Waals surface area contributed by atoms with Crippen molar-refractivity contribution in [3.8, 4) is 11.7 Å². The first-order valence-corrected chi connectivity index (χ1v) is 4.50. The van der Waals surface area contributed by atoms with Gasteiger partial charge in [0.1, 0.15) is 0 Å². The lowest BCUT2D eigenvalue weighted by Gasteiger charge is -2.05. The molecule has 0 aliphatic rings. The molecule has 0 N–H and O–H groups in total. The molecule has 0 unspecified atom stereocenters. The van der Waals surface area contributed by atoms with Crippen LogP contribution >= 0.6 is 0 Å². The van der Waals surface area contributed by atoms with Gasteiger partial charge in [-0.2, -0.15) is 13.2 Å².